The molecule has 0 aliphatic carbocycles. The highest BCUT2D eigenvalue weighted by Crippen LogP contribution is 2.18. The van der Waals surface area contributed by atoms with Crippen molar-refractivity contribution in [3.63, 3.8) is 0 Å². The van der Waals surface area contributed by atoms with Gasteiger partial charge in [-0.25, -0.2) is 4.98 Å². The van der Waals surface area contributed by atoms with Gasteiger partial charge in [0.1, 0.15) is 5.65 Å². The van der Waals surface area contributed by atoms with Crippen molar-refractivity contribution < 1.29 is 0 Å². The number of pyridine rings is 1. The molecule has 0 unspecified atom stereocenters. The fourth-order valence-corrected chi connectivity index (χ4v) is 3.21. The Hall–Kier alpha value is -2.33. The maximum absolute atomic E-state index is 4.70. The van der Waals surface area contributed by atoms with E-state index in [-0.39, 0.29) is 0 Å². The molecule has 0 bridgehead atoms. The average Bonchev–Trinajstić information content (AvgIpc) is 2.98. The molecule has 3 aromatic rings. The molecule has 0 spiro atoms. The highest BCUT2D eigenvalue weighted by molar-refractivity contribution is 5.48. The molecule has 1 saturated heterocycles. The minimum Gasteiger partial charge on any atom is -0.369 e. The predicted octanol–water partition coefficient (Wildman–Crippen LogP) is 2.96. The van der Waals surface area contributed by atoms with Crippen molar-refractivity contribution in [3.8, 4) is 0 Å². The number of benzene rings is 1. The Balaban J connectivity index is 1.38. The molecule has 1 aromatic carbocycles. The van der Waals surface area contributed by atoms with Gasteiger partial charge in [0.25, 0.3) is 0 Å². The van der Waals surface area contributed by atoms with Crippen LogP contribution in [0.5, 0.6) is 0 Å². The van der Waals surface area contributed by atoms with E-state index in [9.17, 15) is 0 Å². The van der Waals surface area contributed by atoms with Gasteiger partial charge in [0.15, 0.2) is 0 Å². The van der Waals surface area contributed by atoms with Gasteiger partial charge in [-0.3, -0.25) is 4.90 Å². The van der Waals surface area contributed by atoms with Crippen LogP contribution in [0.3, 0.4) is 0 Å². The van der Waals surface area contributed by atoms with Gasteiger partial charge in [-0.05, 0) is 31.2 Å². The maximum atomic E-state index is 4.70. The van der Waals surface area contributed by atoms with Gasteiger partial charge in [0.05, 0.1) is 5.69 Å². The Kier molecular flexibility index (Phi) is 3.75. The SMILES string of the molecule is Cc1ccc(N2CCN(Cc3cn4ccccc4n3)CC2)cc1. The first kappa shape index (κ1) is 14.3. The van der Waals surface area contributed by atoms with Crippen LogP contribution in [0, 0.1) is 6.92 Å². The predicted molar refractivity (Wildman–Crippen MR) is 93.9 cm³/mol. The van der Waals surface area contributed by atoms with Gasteiger partial charge in [-0.1, -0.05) is 23.8 Å². The summed E-state index contributed by atoms with van der Waals surface area (Å²) in [6, 6.07) is 15.0. The van der Waals surface area contributed by atoms with Gasteiger partial charge in [-0.2, -0.15) is 0 Å². The second-order valence-corrected chi connectivity index (χ2v) is 6.30. The largest absolute Gasteiger partial charge is 0.369 e. The molecule has 0 N–H and O–H groups in total. The summed E-state index contributed by atoms with van der Waals surface area (Å²) in [5.74, 6) is 0. The number of fused-ring (bicyclic) bond motifs is 1. The summed E-state index contributed by atoms with van der Waals surface area (Å²) in [4.78, 5) is 9.67. The molecule has 23 heavy (non-hydrogen) atoms. The van der Waals surface area contributed by atoms with Crippen LogP contribution < -0.4 is 4.90 Å². The molecule has 4 nitrogen and oxygen atoms in total. The van der Waals surface area contributed by atoms with Gasteiger partial charge in [-0.15, -0.1) is 0 Å². The molecule has 3 heterocycles. The lowest BCUT2D eigenvalue weighted by Crippen LogP contribution is -2.46. The lowest BCUT2D eigenvalue weighted by atomic mass is 10.2. The van der Waals surface area contributed by atoms with Gasteiger partial charge in [0, 0.05) is 50.8 Å². The van der Waals surface area contributed by atoms with Gasteiger partial charge in [0.2, 0.25) is 0 Å². The third-order valence-electron chi connectivity index (χ3n) is 4.57. The van der Waals surface area contributed by atoms with Crippen LogP contribution in [-0.2, 0) is 6.54 Å². The van der Waals surface area contributed by atoms with Crippen LogP contribution in [0.15, 0.2) is 54.9 Å². The number of rotatable bonds is 3. The van der Waals surface area contributed by atoms with Crippen LogP contribution in [0.1, 0.15) is 11.3 Å². The number of imidazole rings is 1. The van der Waals surface area contributed by atoms with E-state index in [1.807, 2.05) is 12.1 Å². The summed E-state index contributed by atoms with van der Waals surface area (Å²) in [6.45, 7) is 7.40. The fraction of sp³-hybridized carbons (Fsp3) is 0.316. The van der Waals surface area contributed by atoms with Gasteiger partial charge >= 0.3 is 0 Å². The standard InChI is InChI=1S/C19H22N4/c1-16-5-7-18(8-6-16)22-12-10-21(11-13-22)14-17-15-23-9-3-2-4-19(23)20-17/h2-9,15H,10-14H2,1H3. The van der Waals surface area contributed by atoms with Crippen molar-refractivity contribution in [3.05, 3.63) is 66.1 Å². The van der Waals surface area contributed by atoms with Crippen molar-refractivity contribution in [1.82, 2.24) is 14.3 Å². The molecule has 2 aromatic heterocycles. The highest BCUT2D eigenvalue weighted by Gasteiger charge is 2.18. The van der Waals surface area contributed by atoms with E-state index in [2.05, 4.69) is 63.8 Å². The first-order chi connectivity index (χ1) is 11.3. The number of aryl methyl sites for hydroxylation is 1. The van der Waals surface area contributed by atoms with E-state index in [1.54, 1.807) is 0 Å². The second-order valence-electron chi connectivity index (χ2n) is 6.30. The van der Waals surface area contributed by atoms with Crippen molar-refractivity contribution >= 4 is 11.3 Å². The van der Waals surface area contributed by atoms with Crippen LogP contribution in [0.4, 0.5) is 5.69 Å². The summed E-state index contributed by atoms with van der Waals surface area (Å²) < 4.78 is 2.10. The van der Waals surface area contributed by atoms with Gasteiger partial charge < -0.3 is 9.30 Å². The van der Waals surface area contributed by atoms with Crippen molar-refractivity contribution in [2.45, 2.75) is 13.5 Å². The monoisotopic (exact) mass is 306 g/mol. The molecule has 4 heteroatoms. The number of hydrogen-bond donors (Lipinski definition) is 0. The first-order valence-corrected chi connectivity index (χ1v) is 8.24. The topological polar surface area (TPSA) is 23.8 Å². The third-order valence-corrected chi connectivity index (χ3v) is 4.57. The molecule has 0 amide bonds. The molecule has 118 valence electrons. The lowest BCUT2D eigenvalue weighted by molar-refractivity contribution is 0.247. The average molecular weight is 306 g/mol. The van der Waals surface area contributed by atoms with Crippen LogP contribution in [0.2, 0.25) is 0 Å². The van der Waals surface area contributed by atoms with E-state index in [4.69, 9.17) is 4.98 Å². The first-order valence-electron chi connectivity index (χ1n) is 8.24. The molecular weight excluding hydrogens is 284 g/mol. The smallest absolute Gasteiger partial charge is 0.137 e. The Morgan fingerprint density at radius 2 is 1.74 bits per heavy atom. The molecule has 1 aliphatic heterocycles. The highest BCUT2D eigenvalue weighted by atomic mass is 15.3. The zero-order valence-electron chi connectivity index (χ0n) is 13.5. The Morgan fingerprint density at radius 3 is 2.48 bits per heavy atom. The molecule has 4 rings (SSSR count). The molecular formula is C19H22N4. The zero-order valence-corrected chi connectivity index (χ0v) is 13.5. The normalized spacial score (nSPS) is 16.1. The van der Waals surface area contributed by atoms with Crippen molar-refractivity contribution in [1.29, 1.82) is 0 Å². The summed E-state index contributed by atoms with van der Waals surface area (Å²) in [7, 11) is 0. The van der Waals surface area contributed by atoms with E-state index in [0.717, 1.165) is 44.1 Å². The lowest BCUT2D eigenvalue weighted by Gasteiger charge is -2.35. The number of nitrogens with zero attached hydrogens (tertiary/aromatic N) is 4. The van der Waals surface area contributed by atoms with Crippen molar-refractivity contribution in [2.75, 3.05) is 31.1 Å². The Bertz CT molecular complexity index is 749. The molecule has 1 aliphatic rings. The summed E-state index contributed by atoms with van der Waals surface area (Å²) in [6.07, 6.45) is 4.20. The number of hydrogen-bond acceptors (Lipinski definition) is 3. The fourth-order valence-electron chi connectivity index (χ4n) is 3.21. The van der Waals surface area contributed by atoms with E-state index in [1.165, 1.54) is 11.3 Å². The summed E-state index contributed by atoms with van der Waals surface area (Å²) in [5.41, 5.74) is 4.84. The molecule has 0 atom stereocenters. The van der Waals surface area contributed by atoms with Crippen molar-refractivity contribution in [2.24, 2.45) is 0 Å². The van der Waals surface area contributed by atoms with E-state index < -0.39 is 0 Å². The Morgan fingerprint density at radius 1 is 0.957 bits per heavy atom. The molecule has 0 radical (unpaired) electrons. The van der Waals surface area contributed by atoms with Crippen LogP contribution in [0.25, 0.3) is 5.65 Å². The maximum Gasteiger partial charge on any atom is 0.137 e. The number of aromatic nitrogens is 2. The minimum atomic E-state index is 0.934. The zero-order chi connectivity index (χ0) is 15.6. The summed E-state index contributed by atoms with van der Waals surface area (Å²) in [5, 5.41) is 0. The summed E-state index contributed by atoms with van der Waals surface area (Å²) >= 11 is 0. The third kappa shape index (κ3) is 3.08. The van der Waals surface area contributed by atoms with E-state index >= 15 is 0 Å². The Labute approximate surface area is 137 Å². The second kappa shape index (κ2) is 6.05. The molecule has 0 saturated carbocycles. The number of piperazine rings is 1. The van der Waals surface area contributed by atoms with Crippen LogP contribution >= 0.6 is 0 Å². The molecule has 1 fully saturated rings. The minimum absolute atomic E-state index is 0.934. The quantitative estimate of drug-likeness (QED) is 0.743. The number of anilines is 1. The van der Waals surface area contributed by atoms with Crippen LogP contribution in [-0.4, -0.2) is 40.5 Å². The van der Waals surface area contributed by atoms with E-state index in [0.29, 0.717) is 0 Å².